The number of aromatic amines is 1. The highest BCUT2D eigenvalue weighted by molar-refractivity contribution is 5.95. The van der Waals surface area contributed by atoms with E-state index in [-0.39, 0.29) is 24.1 Å². The maximum absolute atomic E-state index is 13.7. The second-order valence-corrected chi connectivity index (χ2v) is 8.49. The molecule has 1 fully saturated rings. The molecule has 4 rings (SSSR count). The zero-order valence-electron chi connectivity index (χ0n) is 18.9. The van der Waals surface area contributed by atoms with Gasteiger partial charge in [0.05, 0.1) is 26.3 Å². The van der Waals surface area contributed by atoms with Crippen LogP contribution in [0.4, 0.5) is 0 Å². The fourth-order valence-electron chi connectivity index (χ4n) is 4.59. The molecule has 6 nitrogen and oxygen atoms in total. The molecular weight excluding hydrogens is 404 g/mol. The van der Waals surface area contributed by atoms with Gasteiger partial charge in [-0.05, 0) is 48.9 Å². The Balaban J connectivity index is 1.73. The van der Waals surface area contributed by atoms with Gasteiger partial charge >= 0.3 is 0 Å². The van der Waals surface area contributed by atoms with E-state index >= 15 is 0 Å². The van der Waals surface area contributed by atoms with Crippen molar-refractivity contribution in [3.8, 4) is 11.5 Å². The number of pyridine rings is 1. The van der Waals surface area contributed by atoms with Gasteiger partial charge in [0, 0.05) is 23.2 Å². The molecule has 3 aromatic rings. The lowest BCUT2D eigenvalue weighted by Gasteiger charge is -2.34. The third kappa shape index (κ3) is 4.49. The highest BCUT2D eigenvalue weighted by atomic mass is 16.5. The van der Waals surface area contributed by atoms with Crippen molar-refractivity contribution in [3.05, 3.63) is 69.5 Å². The first-order chi connectivity index (χ1) is 15.5. The average Bonchev–Trinajstić information content (AvgIpc) is 2.83. The Morgan fingerprint density at radius 1 is 1.03 bits per heavy atom. The number of nitrogens with one attached hydrogen (secondary N) is 1. The predicted molar refractivity (Wildman–Crippen MR) is 126 cm³/mol. The number of fused-ring (bicyclic) bond motifs is 1. The number of carbonyl (C=O) groups is 1. The summed E-state index contributed by atoms with van der Waals surface area (Å²) in [6, 6.07) is 13.2. The van der Waals surface area contributed by atoms with Gasteiger partial charge in [-0.3, -0.25) is 9.59 Å². The van der Waals surface area contributed by atoms with E-state index in [9.17, 15) is 9.59 Å². The van der Waals surface area contributed by atoms with Gasteiger partial charge in [0.15, 0.2) is 0 Å². The monoisotopic (exact) mass is 434 g/mol. The lowest BCUT2D eigenvalue weighted by Crippen LogP contribution is -2.42. The van der Waals surface area contributed by atoms with Crippen LogP contribution in [-0.2, 0) is 6.54 Å². The number of aryl methyl sites for hydroxylation is 1. The van der Waals surface area contributed by atoms with Crippen LogP contribution in [0.2, 0.25) is 0 Å². The quantitative estimate of drug-likeness (QED) is 0.603. The summed E-state index contributed by atoms with van der Waals surface area (Å²) < 4.78 is 10.7. The number of amides is 1. The molecule has 1 amide bonds. The second-order valence-electron chi connectivity index (χ2n) is 8.49. The summed E-state index contributed by atoms with van der Waals surface area (Å²) in [7, 11) is 3.14. The van der Waals surface area contributed by atoms with E-state index in [0.717, 1.165) is 42.1 Å². The highest BCUT2D eigenvalue weighted by Gasteiger charge is 2.28. The molecule has 0 aliphatic heterocycles. The van der Waals surface area contributed by atoms with Crippen molar-refractivity contribution >= 4 is 16.8 Å². The van der Waals surface area contributed by atoms with Gasteiger partial charge in [-0.2, -0.15) is 0 Å². The lowest BCUT2D eigenvalue weighted by atomic mass is 9.93. The summed E-state index contributed by atoms with van der Waals surface area (Å²) in [6.07, 6.45) is 5.24. The Bertz CT molecular complexity index is 1160. The molecule has 0 unspecified atom stereocenters. The Morgan fingerprint density at radius 2 is 1.72 bits per heavy atom. The molecule has 1 heterocycles. The number of hydrogen-bond donors (Lipinski definition) is 1. The van der Waals surface area contributed by atoms with Crippen LogP contribution in [0.5, 0.6) is 11.5 Å². The molecule has 6 heteroatoms. The van der Waals surface area contributed by atoms with Crippen molar-refractivity contribution in [2.75, 3.05) is 14.2 Å². The first kappa shape index (κ1) is 21.9. The molecule has 0 radical (unpaired) electrons. The van der Waals surface area contributed by atoms with Gasteiger partial charge < -0.3 is 19.4 Å². The average molecular weight is 435 g/mol. The second kappa shape index (κ2) is 9.47. The summed E-state index contributed by atoms with van der Waals surface area (Å²) in [5, 5.41) is 0.971. The van der Waals surface area contributed by atoms with Crippen LogP contribution < -0.4 is 15.0 Å². The summed E-state index contributed by atoms with van der Waals surface area (Å²) in [6.45, 7) is 2.24. The van der Waals surface area contributed by atoms with Gasteiger partial charge in [-0.15, -0.1) is 0 Å². The van der Waals surface area contributed by atoms with Gasteiger partial charge in [-0.25, -0.2) is 0 Å². The molecule has 1 saturated carbocycles. The van der Waals surface area contributed by atoms with Crippen LogP contribution in [0.25, 0.3) is 10.9 Å². The van der Waals surface area contributed by atoms with Gasteiger partial charge in [0.1, 0.15) is 11.5 Å². The Morgan fingerprint density at radius 3 is 2.38 bits per heavy atom. The molecule has 32 heavy (non-hydrogen) atoms. The van der Waals surface area contributed by atoms with E-state index in [1.165, 1.54) is 6.42 Å². The van der Waals surface area contributed by atoms with Crippen molar-refractivity contribution in [2.24, 2.45) is 0 Å². The fourth-order valence-corrected chi connectivity index (χ4v) is 4.59. The van der Waals surface area contributed by atoms with Crippen molar-refractivity contribution in [3.63, 3.8) is 0 Å². The SMILES string of the molecule is COc1cc(OC)cc(C(=O)N(Cc2cc3cccc(C)c3[nH]c2=O)C2CCCCC2)c1. The molecule has 168 valence electrons. The van der Waals surface area contributed by atoms with E-state index in [4.69, 9.17) is 9.47 Å². The lowest BCUT2D eigenvalue weighted by molar-refractivity contribution is 0.0612. The third-order valence-electron chi connectivity index (χ3n) is 6.38. The van der Waals surface area contributed by atoms with E-state index in [2.05, 4.69) is 4.98 Å². The molecule has 0 atom stereocenters. The summed E-state index contributed by atoms with van der Waals surface area (Å²) in [5.41, 5.74) is 2.81. The number of hydrogen-bond acceptors (Lipinski definition) is 4. The van der Waals surface area contributed by atoms with Gasteiger partial charge in [-0.1, -0.05) is 37.5 Å². The zero-order valence-corrected chi connectivity index (χ0v) is 18.9. The number of para-hydroxylation sites is 1. The topological polar surface area (TPSA) is 71.6 Å². The number of H-pyrrole nitrogens is 1. The molecule has 0 spiro atoms. The highest BCUT2D eigenvalue weighted by Crippen LogP contribution is 2.29. The molecule has 1 N–H and O–H groups in total. The largest absolute Gasteiger partial charge is 0.497 e. The number of nitrogens with zero attached hydrogens (tertiary/aromatic N) is 1. The minimum atomic E-state index is -0.149. The summed E-state index contributed by atoms with van der Waals surface area (Å²) in [4.78, 5) is 31.5. The van der Waals surface area contributed by atoms with Crippen LogP contribution in [0.15, 0.2) is 47.3 Å². The van der Waals surface area contributed by atoms with Crippen LogP contribution in [0.1, 0.15) is 53.6 Å². The Hall–Kier alpha value is -3.28. The summed E-state index contributed by atoms with van der Waals surface area (Å²) >= 11 is 0. The van der Waals surface area contributed by atoms with Crippen LogP contribution in [-0.4, -0.2) is 36.1 Å². The predicted octanol–water partition coefficient (Wildman–Crippen LogP) is 4.83. The summed E-state index contributed by atoms with van der Waals surface area (Å²) in [5.74, 6) is 1.02. The van der Waals surface area contributed by atoms with Crippen LogP contribution in [0.3, 0.4) is 0 Å². The molecule has 0 bridgehead atoms. The zero-order chi connectivity index (χ0) is 22.7. The number of carbonyl (C=O) groups excluding carboxylic acids is 1. The maximum atomic E-state index is 13.7. The third-order valence-corrected chi connectivity index (χ3v) is 6.38. The van der Waals surface area contributed by atoms with Crippen molar-refractivity contribution < 1.29 is 14.3 Å². The number of rotatable bonds is 6. The van der Waals surface area contributed by atoms with Gasteiger partial charge in [0.25, 0.3) is 11.5 Å². The number of aromatic nitrogens is 1. The molecule has 2 aromatic carbocycles. The number of ether oxygens (including phenoxy) is 2. The minimum Gasteiger partial charge on any atom is -0.497 e. The normalized spacial score (nSPS) is 14.3. The molecule has 0 saturated heterocycles. The Labute approximate surface area is 188 Å². The minimum absolute atomic E-state index is 0.0982. The van der Waals surface area contributed by atoms with Crippen LogP contribution in [0, 0.1) is 6.92 Å². The fraction of sp³-hybridized carbons (Fsp3) is 0.385. The molecule has 1 aliphatic rings. The van der Waals surface area contributed by atoms with Crippen LogP contribution >= 0.6 is 0 Å². The first-order valence-corrected chi connectivity index (χ1v) is 11.2. The van der Waals surface area contributed by atoms with Crippen molar-refractivity contribution in [2.45, 2.75) is 51.6 Å². The Kier molecular flexibility index (Phi) is 6.49. The molecule has 1 aliphatic carbocycles. The van der Waals surface area contributed by atoms with Gasteiger partial charge in [0.2, 0.25) is 0 Å². The first-order valence-electron chi connectivity index (χ1n) is 11.2. The van der Waals surface area contributed by atoms with Crippen molar-refractivity contribution in [1.82, 2.24) is 9.88 Å². The smallest absolute Gasteiger partial charge is 0.254 e. The van der Waals surface area contributed by atoms with E-state index in [0.29, 0.717) is 22.6 Å². The number of benzene rings is 2. The van der Waals surface area contributed by atoms with E-state index < -0.39 is 0 Å². The van der Waals surface area contributed by atoms with E-state index in [1.807, 2.05) is 36.1 Å². The van der Waals surface area contributed by atoms with E-state index in [1.54, 1.807) is 32.4 Å². The maximum Gasteiger partial charge on any atom is 0.254 e. The molecular formula is C26H30N2O4. The number of methoxy groups -OCH3 is 2. The standard InChI is InChI=1S/C26H30N2O4/c1-17-8-7-9-18-12-20(25(29)27-24(17)18)16-28(21-10-5-4-6-11-21)26(30)19-13-22(31-2)15-23(14-19)32-3/h7-9,12-15,21H,4-6,10-11,16H2,1-3H3,(H,27,29). The molecule has 1 aromatic heterocycles. The van der Waals surface area contributed by atoms with Crippen molar-refractivity contribution in [1.29, 1.82) is 0 Å².